The predicted molar refractivity (Wildman–Crippen MR) is 72.7 cm³/mol. The van der Waals surface area contributed by atoms with E-state index in [2.05, 4.69) is 10.6 Å². The molecular formula is C13H17ClF2N2O2. The lowest BCUT2D eigenvalue weighted by Gasteiger charge is -2.11. The summed E-state index contributed by atoms with van der Waals surface area (Å²) in [5, 5.41) is 14.2. The van der Waals surface area contributed by atoms with Crippen molar-refractivity contribution in [2.75, 3.05) is 6.54 Å². The second-order valence-electron chi connectivity index (χ2n) is 4.60. The molecule has 112 valence electrons. The lowest BCUT2D eigenvalue weighted by Crippen LogP contribution is -2.40. The molecule has 0 saturated carbocycles. The highest BCUT2D eigenvalue weighted by molar-refractivity contribution is 5.85. The van der Waals surface area contributed by atoms with Gasteiger partial charge in [0, 0.05) is 25.1 Å². The average molecular weight is 307 g/mol. The molecule has 1 aliphatic rings. The molecule has 0 radical (unpaired) electrons. The van der Waals surface area contributed by atoms with Gasteiger partial charge < -0.3 is 15.7 Å². The lowest BCUT2D eigenvalue weighted by atomic mass is 10.1. The molecule has 3 N–H and O–H groups in total. The number of nitrogens with one attached hydrogen (secondary N) is 2. The number of hydrogen-bond donors (Lipinski definition) is 3. The maximum absolute atomic E-state index is 13.4. The Bertz CT molecular complexity index is 474. The molecule has 4 nitrogen and oxygen atoms in total. The molecule has 1 saturated heterocycles. The van der Waals surface area contributed by atoms with Crippen molar-refractivity contribution in [2.45, 2.75) is 31.8 Å². The zero-order valence-corrected chi connectivity index (χ0v) is 11.6. The monoisotopic (exact) mass is 306 g/mol. The van der Waals surface area contributed by atoms with Gasteiger partial charge in [-0.05, 0) is 11.6 Å². The van der Waals surface area contributed by atoms with Crippen LogP contribution in [0.2, 0.25) is 0 Å². The zero-order chi connectivity index (χ0) is 13.8. The maximum Gasteiger partial charge on any atom is 0.237 e. The number of aliphatic hydroxyl groups excluding tert-OH is 1. The number of amides is 1. The number of rotatable bonds is 4. The molecule has 1 fully saturated rings. The van der Waals surface area contributed by atoms with Gasteiger partial charge in [0.25, 0.3) is 0 Å². The summed E-state index contributed by atoms with van der Waals surface area (Å²) >= 11 is 0. The highest BCUT2D eigenvalue weighted by Crippen LogP contribution is 2.12. The summed E-state index contributed by atoms with van der Waals surface area (Å²) in [6.07, 6.45) is -0.819. The third-order valence-electron chi connectivity index (χ3n) is 3.15. The number of hydrogen-bond acceptors (Lipinski definition) is 3. The van der Waals surface area contributed by atoms with Crippen molar-refractivity contribution in [1.82, 2.24) is 10.6 Å². The number of alkyl halides is 1. The fraction of sp³-hybridized carbons (Fsp3) is 0.462. The molecule has 1 heterocycles. The highest BCUT2D eigenvalue weighted by Gasteiger charge is 2.28. The Morgan fingerprint density at radius 1 is 1.50 bits per heavy atom. The van der Waals surface area contributed by atoms with E-state index in [0.29, 0.717) is 5.56 Å². The van der Waals surface area contributed by atoms with Crippen LogP contribution in [0.4, 0.5) is 8.78 Å². The second-order valence-corrected chi connectivity index (χ2v) is 4.60. The van der Waals surface area contributed by atoms with Crippen LogP contribution in [0.3, 0.4) is 0 Å². The number of aliphatic hydroxyl groups is 1. The summed E-state index contributed by atoms with van der Waals surface area (Å²) in [6, 6.07) is 3.86. The normalized spacial score (nSPS) is 21.4. The molecule has 1 amide bonds. The van der Waals surface area contributed by atoms with Gasteiger partial charge in [-0.3, -0.25) is 4.79 Å². The first-order valence-electron chi connectivity index (χ1n) is 6.13. The van der Waals surface area contributed by atoms with Gasteiger partial charge >= 0.3 is 0 Å². The first-order valence-corrected chi connectivity index (χ1v) is 6.13. The Morgan fingerprint density at radius 3 is 2.80 bits per heavy atom. The summed E-state index contributed by atoms with van der Waals surface area (Å²) < 4.78 is 26.3. The van der Waals surface area contributed by atoms with E-state index in [-0.39, 0.29) is 50.0 Å². The molecular weight excluding hydrogens is 290 g/mol. The van der Waals surface area contributed by atoms with Crippen molar-refractivity contribution in [1.29, 1.82) is 0 Å². The third-order valence-corrected chi connectivity index (χ3v) is 3.15. The van der Waals surface area contributed by atoms with Gasteiger partial charge in [0.2, 0.25) is 5.91 Å². The van der Waals surface area contributed by atoms with Gasteiger partial charge in [0.1, 0.15) is 12.0 Å². The van der Waals surface area contributed by atoms with Crippen molar-refractivity contribution < 1.29 is 18.7 Å². The van der Waals surface area contributed by atoms with E-state index >= 15 is 0 Å². The lowest BCUT2D eigenvalue weighted by molar-refractivity contribution is -0.123. The summed E-state index contributed by atoms with van der Waals surface area (Å²) in [5.41, 5.74) is 0.811. The number of benzene rings is 1. The molecule has 0 aromatic heterocycles. The summed E-state index contributed by atoms with van der Waals surface area (Å²) in [5.74, 6) is -0.788. The van der Waals surface area contributed by atoms with Crippen LogP contribution >= 0.6 is 12.4 Å². The quantitative estimate of drug-likeness (QED) is 0.779. The fourth-order valence-electron chi connectivity index (χ4n) is 2.03. The Kier molecular flexibility index (Phi) is 6.32. The van der Waals surface area contributed by atoms with Crippen molar-refractivity contribution in [3.8, 4) is 0 Å². The number of halogens is 3. The Balaban J connectivity index is 0.00000200. The van der Waals surface area contributed by atoms with Crippen LogP contribution in [-0.4, -0.2) is 29.8 Å². The largest absolute Gasteiger partial charge is 0.392 e. The van der Waals surface area contributed by atoms with Crippen molar-refractivity contribution >= 4 is 18.3 Å². The molecule has 20 heavy (non-hydrogen) atoms. The van der Waals surface area contributed by atoms with Crippen LogP contribution in [0.5, 0.6) is 0 Å². The molecule has 0 spiro atoms. The smallest absolute Gasteiger partial charge is 0.237 e. The summed E-state index contributed by atoms with van der Waals surface area (Å²) in [7, 11) is 0. The van der Waals surface area contributed by atoms with Crippen LogP contribution < -0.4 is 10.6 Å². The predicted octanol–water partition coefficient (Wildman–Crippen LogP) is 1.06. The molecule has 2 rings (SSSR count). The van der Waals surface area contributed by atoms with E-state index < -0.39 is 18.0 Å². The Morgan fingerprint density at radius 2 is 2.25 bits per heavy atom. The molecule has 2 atom stereocenters. The highest BCUT2D eigenvalue weighted by atomic mass is 35.5. The van der Waals surface area contributed by atoms with Crippen LogP contribution in [0, 0.1) is 5.82 Å². The van der Waals surface area contributed by atoms with Gasteiger partial charge in [-0.15, -0.1) is 12.4 Å². The molecule has 7 heteroatoms. The van der Waals surface area contributed by atoms with Gasteiger partial charge in [-0.25, -0.2) is 8.78 Å². The van der Waals surface area contributed by atoms with Crippen LogP contribution in [0.15, 0.2) is 18.2 Å². The number of carbonyl (C=O) groups is 1. The van der Waals surface area contributed by atoms with E-state index in [1.807, 2.05) is 0 Å². The maximum atomic E-state index is 13.4. The summed E-state index contributed by atoms with van der Waals surface area (Å²) in [6.45, 7) is 0.0108. The molecule has 1 aliphatic heterocycles. The second kappa shape index (κ2) is 7.52. The van der Waals surface area contributed by atoms with Crippen molar-refractivity contribution in [2.24, 2.45) is 0 Å². The third kappa shape index (κ3) is 4.13. The molecule has 1 aromatic carbocycles. The van der Waals surface area contributed by atoms with Crippen LogP contribution in [0.25, 0.3) is 0 Å². The number of carbonyl (C=O) groups excluding carboxylic acids is 1. The van der Waals surface area contributed by atoms with E-state index in [0.717, 1.165) is 0 Å². The average Bonchev–Trinajstić information content (AvgIpc) is 2.83. The minimum atomic E-state index is -0.989. The van der Waals surface area contributed by atoms with Crippen LogP contribution in [-0.2, 0) is 17.9 Å². The first-order chi connectivity index (χ1) is 9.10. The van der Waals surface area contributed by atoms with Crippen molar-refractivity contribution in [3.63, 3.8) is 0 Å². The Labute approximate surface area is 122 Å². The Hall–Kier alpha value is -1.24. The zero-order valence-electron chi connectivity index (χ0n) is 10.7. The minimum absolute atomic E-state index is 0. The standard InChI is InChI=1S/C13H16F2N2O2.ClH/c14-10-4-12(16-6-10)13(19)17-5-8-1-2-9(7-18)11(15)3-8;/h1-3,10,12,16,18H,4-7H2,(H,17,19);1H/t10-,12+;/m0./s1. The van der Waals surface area contributed by atoms with Gasteiger partial charge in [0.15, 0.2) is 0 Å². The molecule has 0 aliphatic carbocycles. The SMILES string of the molecule is Cl.O=C(NCc1ccc(CO)c(F)c1)[C@H]1C[C@H](F)CN1. The van der Waals surface area contributed by atoms with Crippen LogP contribution in [0.1, 0.15) is 17.5 Å². The first kappa shape index (κ1) is 16.8. The summed E-state index contributed by atoms with van der Waals surface area (Å²) in [4.78, 5) is 11.7. The molecule has 0 bridgehead atoms. The molecule has 0 unspecified atom stereocenters. The van der Waals surface area contributed by atoms with E-state index in [4.69, 9.17) is 5.11 Å². The topological polar surface area (TPSA) is 61.4 Å². The van der Waals surface area contributed by atoms with Gasteiger partial charge in [-0.2, -0.15) is 0 Å². The fourth-order valence-corrected chi connectivity index (χ4v) is 2.03. The van der Waals surface area contributed by atoms with E-state index in [9.17, 15) is 13.6 Å². The molecule has 1 aromatic rings. The van der Waals surface area contributed by atoms with Gasteiger partial charge in [-0.1, -0.05) is 12.1 Å². The van der Waals surface area contributed by atoms with Crippen molar-refractivity contribution in [3.05, 3.63) is 35.1 Å². The van der Waals surface area contributed by atoms with E-state index in [1.165, 1.54) is 12.1 Å². The minimum Gasteiger partial charge on any atom is -0.392 e. The van der Waals surface area contributed by atoms with Gasteiger partial charge in [0.05, 0.1) is 12.6 Å². The van der Waals surface area contributed by atoms with E-state index in [1.54, 1.807) is 6.07 Å².